The van der Waals surface area contributed by atoms with Crippen LogP contribution in [0.15, 0.2) is 24.3 Å². The first-order chi connectivity index (χ1) is 8.24. The van der Waals surface area contributed by atoms with Crippen LogP contribution in [0.25, 0.3) is 5.69 Å². The normalized spacial score (nSPS) is 10.5. The second kappa shape index (κ2) is 4.97. The maximum atomic E-state index is 5.52. The summed E-state index contributed by atoms with van der Waals surface area (Å²) >= 11 is 0. The molecule has 0 unspecified atom stereocenters. The van der Waals surface area contributed by atoms with E-state index in [1.807, 2.05) is 38.1 Å². The van der Waals surface area contributed by atoms with Gasteiger partial charge in [0.25, 0.3) is 0 Å². The Labute approximate surface area is 100 Å². The zero-order valence-corrected chi connectivity index (χ0v) is 10.1. The monoisotopic (exact) mass is 232 g/mol. The van der Waals surface area contributed by atoms with E-state index in [9.17, 15) is 0 Å². The summed E-state index contributed by atoms with van der Waals surface area (Å²) in [6.45, 7) is 4.88. The molecule has 5 heteroatoms. The maximum absolute atomic E-state index is 5.52. The van der Waals surface area contributed by atoms with Gasteiger partial charge in [-0.25, -0.2) is 9.67 Å². The van der Waals surface area contributed by atoms with E-state index in [0.717, 1.165) is 17.3 Å². The Morgan fingerprint density at radius 1 is 1.29 bits per heavy atom. The SMILES string of the molecule is CCOc1ccc(-n2nc(CN)nc2C)cc1. The van der Waals surface area contributed by atoms with Crippen molar-refractivity contribution in [1.82, 2.24) is 14.8 Å². The Balaban J connectivity index is 2.29. The Kier molecular flexibility index (Phi) is 3.39. The van der Waals surface area contributed by atoms with Crippen molar-refractivity contribution in [3.8, 4) is 11.4 Å². The molecule has 2 rings (SSSR count). The van der Waals surface area contributed by atoms with E-state index in [4.69, 9.17) is 10.5 Å². The van der Waals surface area contributed by atoms with E-state index in [1.165, 1.54) is 0 Å². The number of nitrogens with two attached hydrogens (primary N) is 1. The van der Waals surface area contributed by atoms with Crippen LogP contribution in [0.5, 0.6) is 5.75 Å². The Bertz CT molecular complexity index is 490. The molecule has 2 aromatic rings. The molecule has 0 aliphatic rings. The molecule has 0 atom stereocenters. The van der Waals surface area contributed by atoms with Crippen molar-refractivity contribution in [2.75, 3.05) is 6.61 Å². The molecule has 0 amide bonds. The average molecular weight is 232 g/mol. The van der Waals surface area contributed by atoms with Crippen LogP contribution in [0.3, 0.4) is 0 Å². The molecule has 1 heterocycles. The number of hydrogen-bond donors (Lipinski definition) is 1. The maximum Gasteiger partial charge on any atom is 0.164 e. The topological polar surface area (TPSA) is 66.0 Å². The minimum absolute atomic E-state index is 0.352. The Morgan fingerprint density at radius 3 is 2.53 bits per heavy atom. The molecule has 0 saturated heterocycles. The summed E-state index contributed by atoms with van der Waals surface area (Å²) in [6, 6.07) is 7.74. The third-order valence-corrected chi connectivity index (χ3v) is 2.39. The van der Waals surface area contributed by atoms with Crippen molar-refractivity contribution in [1.29, 1.82) is 0 Å². The summed E-state index contributed by atoms with van der Waals surface area (Å²) in [5, 5.41) is 4.31. The van der Waals surface area contributed by atoms with Crippen LogP contribution in [-0.4, -0.2) is 21.4 Å². The largest absolute Gasteiger partial charge is 0.494 e. The van der Waals surface area contributed by atoms with Gasteiger partial charge in [0.1, 0.15) is 11.6 Å². The summed E-state index contributed by atoms with van der Waals surface area (Å²) in [7, 11) is 0. The molecule has 90 valence electrons. The molecule has 2 N–H and O–H groups in total. The van der Waals surface area contributed by atoms with Gasteiger partial charge < -0.3 is 10.5 Å². The average Bonchev–Trinajstić information content (AvgIpc) is 2.72. The second-order valence-electron chi connectivity index (χ2n) is 3.62. The third kappa shape index (κ3) is 2.45. The lowest BCUT2D eigenvalue weighted by molar-refractivity contribution is 0.340. The van der Waals surface area contributed by atoms with Gasteiger partial charge >= 0.3 is 0 Å². The number of ether oxygens (including phenoxy) is 1. The van der Waals surface area contributed by atoms with Crippen LogP contribution in [0.2, 0.25) is 0 Å². The van der Waals surface area contributed by atoms with Gasteiger partial charge in [-0.05, 0) is 38.1 Å². The molecule has 0 radical (unpaired) electrons. The molecule has 0 bridgehead atoms. The zero-order valence-electron chi connectivity index (χ0n) is 10.1. The van der Waals surface area contributed by atoms with E-state index < -0.39 is 0 Å². The van der Waals surface area contributed by atoms with E-state index >= 15 is 0 Å². The smallest absolute Gasteiger partial charge is 0.164 e. The molecule has 0 spiro atoms. The molecule has 5 nitrogen and oxygen atoms in total. The Hall–Kier alpha value is -1.88. The highest BCUT2D eigenvalue weighted by Gasteiger charge is 2.06. The van der Waals surface area contributed by atoms with Crippen LogP contribution in [0.1, 0.15) is 18.6 Å². The number of aryl methyl sites for hydroxylation is 1. The van der Waals surface area contributed by atoms with Gasteiger partial charge in [0.2, 0.25) is 0 Å². The first-order valence-electron chi connectivity index (χ1n) is 5.60. The second-order valence-corrected chi connectivity index (χ2v) is 3.62. The van der Waals surface area contributed by atoms with Gasteiger partial charge in [-0.3, -0.25) is 0 Å². The minimum Gasteiger partial charge on any atom is -0.494 e. The summed E-state index contributed by atoms with van der Waals surface area (Å²) in [5.74, 6) is 2.33. The van der Waals surface area contributed by atoms with Crippen molar-refractivity contribution in [3.05, 3.63) is 35.9 Å². The van der Waals surface area contributed by atoms with E-state index in [1.54, 1.807) is 4.68 Å². The summed E-state index contributed by atoms with van der Waals surface area (Å²) in [6.07, 6.45) is 0. The quantitative estimate of drug-likeness (QED) is 0.866. The lowest BCUT2D eigenvalue weighted by Crippen LogP contribution is -2.02. The van der Waals surface area contributed by atoms with Crippen molar-refractivity contribution < 1.29 is 4.74 Å². The van der Waals surface area contributed by atoms with Crippen LogP contribution >= 0.6 is 0 Å². The number of hydrogen-bond acceptors (Lipinski definition) is 4. The number of rotatable bonds is 4. The predicted octanol–water partition coefficient (Wildman–Crippen LogP) is 1.43. The van der Waals surface area contributed by atoms with Crippen molar-refractivity contribution in [2.24, 2.45) is 5.73 Å². The standard InChI is InChI=1S/C12H16N4O/c1-3-17-11-6-4-10(5-7-11)16-9(2)14-12(8-13)15-16/h4-7H,3,8,13H2,1-2H3. The molecule has 0 fully saturated rings. The molecular weight excluding hydrogens is 216 g/mol. The highest BCUT2D eigenvalue weighted by Crippen LogP contribution is 2.15. The van der Waals surface area contributed by atoms with E-state index in [2.05, 4.69) is 10.1 Å². The van der Waals surface area contributed by atoms with Crippen molar-refractivity contribution in [3.63, 3.8) is 0 Å². The van der Waals surface area contributed by atoms with Gasteiger partial charge in [0.05, 0.1) is 18.8 Å². The van der Waals surface area contributed by atoms with E-state index in [-0.39, 0.29) is 0 Å². The van der Waals surface area contributed by atoms with Crippen molar-refractivity contribution in [2.45, 2.75) is 20.4 Å². The fourth-order valence-corrected chi connectivity index (χ4v) is 1.63. The lowest BCUT2D eigenvalue weighted by atomic mass is 10.3. The van der Waals surface area contributed by atoms with Crippen LogP contribution in [0.4, 0.5) is 0 Å². The first kappa shape index (κ1) is 11.6. The predicted molar refractivity (Wildman–Crippen MR) is 65.2 cm³/mol. The van der Waals surface area contributed by atoms with Crippen molar-refractivity contribution >= 4 is 0 Å². The molecule has 0 aliphatic heterocycles. The fourth-order valence-electron chi connectivity index (χ4n) is 1.63. The molecular formula is C12H16N4O. The van der Waals surface area contributed by atoms with Crippen LogP contribution < -0.4 is 10.5 Å². The van der Waals surface area contributed by atoms with Gasteiger partial charge in [-0.15, -0.1) is 5.10 Å². The molecule has 0 saturated carbocycles. The summed E-state index contributed by atoms with van der Waals surface area (Å²) < 4.78 is 7.16. The highest BCUT2D eigenvalue weighted by atomic mass is 16.5. The van der Waals surface area contributed by atoms with Gasteiger partial charge in [0.15, 0.2) is 5.82 Å². The molecule has 1 aromatic carbocycles. The van der Waals surface area contributed by atoms with Gasteiger partial charge in [-0.2, -0.15) is 0 Å². The first-order valence-corrected chi connectivity index (χ1v) is 5.60. The fraction of sp³-hybridized carbons (Fsp3) is 0.333. The summed E-state index contributed by atoms with van der Waals surface area (Å²) in [4.78, 5) is 4.26. The minimum atomic E-state index is 0.352. The van der Waals surface area contributed by atoms with E-state index in [0.29, 0.717) is 19.0 Å². The third-order valence-electron chi connectivity index (χ3n) is 2.39. The van der Waals surface area contributed by atoms with Gasteiger partial charge in [0, 0.05) is 0 Å². The lowest BCUT2D eigenvalue weighted by Gasteiger charge is -2.05. The zero-order chi connectivity index (χ0) is 12.3. The number of nitrogens with zero attached hydrogens (tertiary/aromatic N) is 3. The van der Waals surface area contributed by atoms with Crippen LogP contribution in [-0.2, 0) is 6.54 Å². The number of benzene rings is 1. The molecule has 0 aliphatic carbocycles. The van der Waals surface area contributed by atoms with Crippen LogP contribution in [0, 0.1) is 6.92 Å². The summed E-state index contributed by atoms with van der Waals surface area (Å²) in [5.41, 5.74) is 6.47. The Morgan fingerprint density at radius 2 is 2.00 bits per heavy atom. The molecule has 1 aromatic heterocycles. The highest BCUT2D eigenvalue weighted by molar-refractivity contribution is 5.37. The van der Waals surface area contributed by atoms with Gasteiger partial charge in [-0.1, -0.05) is 0 Å². The number of aromatic nitrogens is 3. The molecule has 17 heavy (non-hydrogen) atoms.